The van der Waals surface area contributed by atoms with Gasteiger partial charge in [-0.3, -0.25) is 19.8 Å². The zero-order valence-electron chi connectivity index (χ0n) is 14.2. The molecule has 0 bridgehead atoms. The van der Waals surface area contributed by atoms with Crippen molar-refractivity contribution >= 4 is 34.8 Å². The maximum atomic E-state index is 12.0. The first kappa shape index (κ1) is 20.2. The van der Waals surface area contributed by atoms with Crippen LogP contribution < -0.4 is 5.32 Å². The average molecular weight is 396 g/mol. The van der Waals surface area contributed by atoms with E-state index in [1.165, 1.54) is 18.2 Å². The molecule has 0 saturated heterocycles. The Morgan fingerprint density at radius 2 is 2.00 bits per heavy atom. The molecule has 0 atom stereocenters. The molecule has 2 rings (SSSR count). The Morgan fingerprint density at radius 1 is 1.23 bits per heavy atom. The van der Waals surface area contributed by atoms with E-state index in [4.69, 9.17) is 23.2 Å². The van der Waals surface area contributed by atoms with Crippen LogP contribution in [0.3, 0.4) is 0 Å². The quantitative estimate of drug-likeness (QED) is 0.546. The fraction of sp³-hybridized carbons (Fsp3) is 0.278. The number of nitrogens with zero attached hydrogens (tertiary/aromatic N) is 2. The van der Waals surface area contributed by atoms with E-state index in [0.29, 0.717) is 35.1 Å². The van der Waals surface area contributed by atoms with Crippen LogP contribution >= 0.6 is 23.2 Å². The van der Waals surface area contributed by atoms with Crippen LogP contribution in [-0.2, 0) is 17.8 Å². The number of rotatable bonds is 8. The molecule has 0 aromatic heterocycles. The van der Waals surface area contributed by atoms with E-state index in [1.807, 2.05) is 18.2 Å². The molecule has 0 radical (unpaired) electrons. The van der Waals surface area contributed by atoms with Gasteiger partial charge in [0.2, 0.25) is 5.91 Å². The molecule has 26 heavy (non-hydrogen) atoms. The van der Waals surface area contributed by atoms with Gasteiger partial charge in [0, 0.05) is 35.3 Å². The van der Waals surface area contributed by atoms with E-state index in [1.54, 1.807) is 18.0 Å². The van der Waals surface area contributed by atoms with Crippen molar-refractivity contribution in [2.24, 2.45) is 0 Å². The number of carbonyl (C=O) groups is 1. The SMILES string of the molecule is CN(CC(=O)NCCc1cccc(Cl)c1)Cc1cc([N+](=O)[O-])ccc1Cl. The average Bonchev–Trinajstić information content (AvgIpc) is 2.56. The van der Waals surface area contributed by atoms with E-state index in [2.05, 4.69) is 5.32 Å². The van der Waals surface area contributed by atoms with Crippen LogP contribution in [0, 0.1) is 10.1 Å². The number of nitrogens with one attached hydrogen (secondary N) is 1. The van der Waals surface area contributed by atoms with Gasteiger partial charge in [-0.1, -0.05) is 35.3 Å². The zero-order chi connectivity index (χ0) is 19.1. The van der Waals surface area contributed by atoms with Gasteiger partial charge in [-0.2, -0.15) is 0 Å². The summed E-state index contributed by atoms with van der Waals surface area (Å²) < 4.78 is 0. The van der Waals surface area contributed by atoms with Gasteiger partial charge in [0.05, 0.1) is 11.5 Å². The van der Waals surface area contributed by atoms with Crippen LogP contribution in [0.4, 0.5) is 5.69 Å². The number of benzene rings is 2. The van der Waals surface area contributed by atoms with Gasteiger partial charge in [0.15, 0.2) is 0 Å². The van der Waals surface area contributed by atoms with E-state index in [9.17, 15) is 14.9 Å². The number of hydrogen-bond donors (Lipinski definition) is 1. The summed E-state index contributed by atoms with van der Waals surface area (Å²) in [7, 11) is 1.76. The lowest BCUT2D eigenvalue weighted by Gasteiger charge is -2.17. The molecule has 2 aromatic carbocycles. The Hall–Kier alpha value is -2.15. The van der Waals surface area contributed by atoms with E-state index < -0.39 is 4.92 Å². The van der Waals surface area contributed by atoms with Crippen molar-refractivity contribution in [3.8, 4) is 0 Å². The standard InChI is InChI=1S/C18H19Cl2N3O3/c1-22(11-14-10-16(23(25)26)5-6-17(14)20)12-18(24)21-8-7-13-3-2-4-15(19)9-13/h2-6,9-10H,7-8,11-12H2,1H3,(H,21,24). The molecular formula is C18H19Cl2N3O3. The Labute approximate surface area is 161 Å². The fourth-order valence-corrected chi connectivity index (χ4v) is 2.87. The topological polar surface area (TPSA) is 75.5 Å². The van der Waals surface area contributed by atoms with Gasteiger partial charge in [-0.25, -0.2) is 0 Å². The monoisotopic (exact) mass is 395 g/mol. The van der Waals surface area contributed by atoms with Gasteiger partial charge in [-0.05, 0) is 42.8 Å². The third kappa shape index (κ3) is 6.29. The molecule has 1 N–H and O–H groups in total. The maximum absolute atomic E-state index is 12.0. The van der Waals surface area contributed by atoms with Crippen molar-refractivity contribution < 1.29 is 9.72 Å². The summed E-state index contributed by atoms with van der Waals surface area (Å²) >= 11 is 12.0. The van der Waals surface area contributed by atoms with Crippen molar-refractivity contribution in [1.29, 1.82) is 0 Å². The molecule has 0 unspecified atom stereocenters. The molecule has 0 fully saturated rings. The maximum Gasteiger partial charge on any atom is 0.269 e. The zero-order valence-corrected chi connectivity index (χ0v) is 15.8. The number of non-ortho nitro benzene ring substituents is 1. The minimum absolute atomic E-state index is 0.0243. The number of likely N-dealkylation sites (N-methyl/N-ethyl adjacent to an activating group) is 1. The van der Waals surface area contributed by atoms with Crippen molar-refractivity contribution in [2.75, 3.05) is 20.1 Å². The van der Waals surface area contributed by atoms with Gasteiger partial charge >= 0.3 is 0 Å². The van der Waals surface area contributed by atoms with Crippen molar-refractivity contribution in [2.45, 2.75) is 13.0 Å². The van der Waals surface area contributed by atoms with E-state index in [-0.39, 0.29) is 18.1 Å². The molecule has 0 aliphatic rings. The second-order valence-corrected chi connectivity index (χ2v) is 6.78. The number of carbonyl (C=O) groups excluding carboxylic acids is 1. The minimum Gasteiger partial charge on any atom is -0.355 e. The van der Waals surface area contributed by atoms with E-state index in [0.717, 1.165) is 5.56 Å². The molecule has 1 amide bonds. The molecule has 0 saturated carbocycles. The Balaban J connectivity index is 1.82. The summed E-state index contributed by atoms with van der Waals surface area (Å²) in [5.41, 5.74) is 1.63. The molecule has 0 spiro atoms. The number of halogens is 2. The molecule has 6 nitrogen and oxygen atoms in total. The third-order valence-electron chi connectivity index (χ3n) is 3.72. The van der Waals surface area contributed by atoms with Gasteiger partial charge < -0.3 is 5.32 Å². The van der Waals surface area contributed by atoms with Crippen LogP contribution in [0.1, 0.15) is 11.1 Å². The predicted molar refractivity (Wildman–Crippen MR) is 103 cm³/mol. The first-order valence-electron chi connectivity index (χ1n) is 7.97. The smallest absolute Gasteiger partial charge is 0.269 e. The highest BCUT2D eigenvalue weighted by molar-refractivity contribution is 6.31. The van der Waals surface area contributed by atoms with Crippen LogP contribution in [-0.4, -0.2) is 35.9 Å². The summed E-state index contributed by atoms with van der Waals surface area (Å²) in [5.74, 6) is -0.129. The number of amides is 1. The van der Waals surface area contributed by atoms with Gasteiger partial charge in [0.1, 0.15) is 0 Å². The second-order valence-electron chi connectivity index (χ2n) is 5.93. The van der Waals surface area contributed by atoms with Crippen LogP contribution in [0.5, 0.6) is 0 Å². The second kappa shape index (κ2) is 9.52. The highest BCUT2D eigenvalue weighted by Gasteiger charge is 2.13. The first-order valence-corrected chi connectivity index (χ1v) is 8.73. The molecule has 138 valence electrons. The molecule has 0 aliphatic carbocycles. The number of hydrogen-bond acceptors (Lipinski definition) is 4. The van der Waals surface area contributed by atoms with E-state index >= 15 is 0 Å². The summed E-state index contributed by atoms with van der Waals surface area (Å²) in [5, 5.41) is 14.8. The normalized spacial score (nSPS) is 10.8. The lowest BCUT2D eigenvalue weighted by Crippen LogP contribution is -2.35. The number of nitro benzene ring substituents is 1. The summed E-state index contributed by atoms with van der Waals surface area (Å²) in [6.07, 6.45) is 0.687. The Bertz CT molecular complexity index is 799. The highest BCUT2D eigenvalue weighted by Crippen LogP contribution is 2.23. The van der Waals surface area contributed by atoms with Crippen LogP contribution in [0.2, 0.25) is 10.0 Å². The molecule has 8 heteroatoms. The largest absolute Gasteiger partial charge is 0.355 e. The molecule has 2 aromatic rings. The van der Waals surface area contributed by atoms with Gasteiger partial charge in [0.25, 0.3) is 5.69 Å². The lowest BCUT2D eigenvalue weighted by molar-refractivity contribution is -0.384. The predicted octanol–water partition coefficient (Wildman–Crippen LogP) is 3.69. The van der Waals surface area contributed by atoms with Crippen molar-refractivity contribution in [3.63, 3.8) is 0 Å². The minimum atomic E-state index is -0.470. The third-order valence-corrected chi connectivity index (χ3v) is 4.32. The van der Waals surface area contributed by atoms with Crippen molar-refractivity contribution in [3.05, 3.63) is 73.8 Å². The van der Waals surface area contributed by atoms with Crippen molar-refractivity contribution in [1.82, 2.24) is 10.2 Å². The first-order chi connectivity index (χ1) is 12.3. The Morgan fingerprint density at radius 3 is 2.69 bits per heavy atom. The fourth-order valence-electron chi connectivity index (χ4n) is 2.48. The molecular weight excluding hydrogens is 377 g/mol. The summed E-state index contributed by atoms with van der Waals surface area (Å²) in [4.78, 5) is 24.2. The summed E-state index contributed by atoms with van der Waals surface area (Å²) in [6, 6.07) is 11.8. The molecule has 0 aliphatic heterocycles. The highest BCUT2D eigenvalue weighted by atomic mass is 35.5. The Kier molecular flexibility index (Phi) is 7.38. The number of nitro groups is 1. The van der Waals surface area contributed by atoms with Crippen LogP contribution in [0.25, 0.3) is 0 Å². The molecule has 0 heterocycles. The van der Waals surface area contributed by atoms with Crippen LogP contribution in [0.15, 0.2) is 42.5 Å². The van der Waals surface area contributed by atoms with Gasteiger partial charge in [-0.15, -0.1) is 0 Å². The summed E-state index contributed by atoms with van der Waals surface area (Å²) in [6.45, 7) is 1.00. The lowest BCUT2D eigenvalue weighted by atomic mass is 10.1.